The maximum Gasteiger partial charge on any atom is 3.00 e. The summed E-state index contributed by atoms with van der Waals surface area (Å²) in [5, 5.41) is 0. The zero-order chi connectivity index (χ0) is 4.00. The largest absolute Gasteiger partial charge is 3.00 e. The minimum atomic E-state index is 0. The van der Waals surface area contributed by atoms with Gasteiger partial charge in [0, 0.05) is 0 Å². The van der Waals surface area contributed by atoms with Crippen molar-refractivity contribution in [3.8, 4) is 0 Å². The van der Waals surface area contributed by atoms with Gasteiger partial charge in [-0.05, 0) is 0 Å². The second-order valence-corrected chi connectivity index (χ2v) is 0. The van der Waals surface area contributed by atoms with Crippen molar-refractivity contribution in [2.24, 2.45) is 0 Å². The molecule has 0 saturated heterocycles. The van der Waals surface area contributed by atoms with E-state index >= 15 is 0 Å². The Morgan fingerprint density at radius 2 is 0.800 bits per heavy atom. The number of hydrogen-bond acceptors (Lipinski definition) is 0. The molecule has 2 N–H and O–H groups in total. The smallest absolute Gasteiger partial charge is 0.680 e. The van der Waals surface area contributed by atoms with Crippen LogP contribution in [0.2, 0.25) is 0 Å². The first-order valence-electron chi connectivity index (χ1n) is 1.00. The third-order valence-corrected chi connectivity index (χ3v) is 0. The van der Waals surface area contributed by atoms with E-state index in [0.29, 0.717) is 0 Å². The number of nitrogens with one attached hydrogen (secondary N) is 2. The molecule has 33 valence electrons. The van der Waals surface area contributed by atoms with Crippen molar-refractivity contribution in [1.82, 2.24) is 0 Å². The maximum absolute atomic E-state index is 5.75. The van der Waals surface area contributed by atoms with E-state index in [1.165, 1.54) is 14.1 Å². The monoisotopic (exact) mass is 218 g/mol. The van der Waals surface area contributed by atoms with E-state index < -0.39 is 0 Å². The average Bonchev–Trinajstić information content (AvgIpc) is 1.50. The normalized spacial score (nSPS) is 2.40. The Bertz CT molecular complexity index is 7.61. The fraction of sp³-hybridized carbons (Fsp3) is 1.00. The topological polar surface area (TPSA) is 47.6 Å². The molecule has 0 spiro atoms. The van der Waals surface area contributed by atoms with Gasteiger partial charge >= 0.3 is 39.9 Å². The third kappa shape index (κ3) is 35.6. The first-order chi connectivity index (χ1) is 2.00. The van der Waals surface area contributed by atoms with E-state index in [9.17, 15) is 0 Å². The Kier molecular flexibility index (Phi) is 199. The van der Waals surface area contributed by atoms with Crippen LogP contribution in [-0.4, -0.2) is 14.1 Å². The molecule has 0 amide bonds. The van der Waals surface area contributed by atoms with E-state index in [-0.39, 0.29) is 39.9 Å². The summed E-state index contributed by atoms with van der Waals surface area (Å²) in [6, 6.07) is 0. The van der Waals surface area contributed by atoms with Crippen molar-refractivity contribution >= 4 is 0 Å². The summed E-state index contributed by atoms with van der Waals surface area (Å²) >= 11 is 0. The predicted molar refractivity (Wildman–Crippen MR) is 20.5 cm³/mol. The predicted octanol–water partition coefficient (Wildman–Crippen LogP) is 1.34. The summed E-state index contributed by atoms with van der Waals surface area (Å²) in [5.41, 5.74) is 11.5. The van der Waals surface area contributed by atoms with Gasteiger partial charge in [-0.1, -0.05) is 0 Å². The molecule has 0 atom stereocenters. The Labute approximate surface area is 65.0 Å². The molecule has 0 bridgehead atoms. The second-order valence-electron chi connectivity index (χ2n) is 0. The van der Waals surface area contributed by atoms with Crippen LogP contribution in [0.25, 0.3) is 11.5 Å². The molecule has 2 nitrogen and oxygen atoms in total. The van der Waals surface area contributed by atoms with E-state index in [2.05, 4.69) is 0 Å². The molecule has 0 aromatic carbocycles. The van der Waals surface area contributed by atoms with Crippen LogP contribution >= 0.6 is 0 Å². The van der Waals surface area contributed by atoms with Gasteiger partial charge in [-0.3, -0.25) is 0 Å². The zero-order valence-electron chi connectivity index (χ0n) is 3.35. The van der Waals surface area contributed by atoms with Gasteiger partial charge in [-0.2, -0.15) is 14.1 Å². The van der Waals surface area contributed by atoms with Crippen LogP contribution in [0, 0.1) is 39.9 Å². The maximum atomic E-state index is 5.75. The Morgan fingerprint density at radius 1 is 0.800 bits per heavy atom. The van der Waals surface area contributed by atoms with Crippen molar-refractivity contribution in [3.05, 3.63) is 11.5 Å². The molecule has 0 unspecified atom stereocenters. The summed E-state index contributed by atoms with van der Waals surface area (Å²) in [7, 11) is 2.50. The number of rotatable bonds is 0. The fourth-order valence-corrected chi connectivity index (χ4v) is 0. The minimum Gasteiger partial charge on any atom is -0.680 e. The molecule has 0 aromatic heterocycles. The van der Waals surface area contributed by atoms with Crippen molar-refractivity contribution in [2.45, 2.75) is 0 Å². The SMILES string of the molecule is C[NH-].C[NH-].[Gd+3]. The van der Waals surface area contributed by atoms with E-state index in [1.54, 1.807) is 0 Å². The van der Waals surface area contributed by atoms with Gasteiger partial charge in [-0.25, -0.2) is 0 Å². The molecular formula is C2H8GdN2+. The number of hydrogen-bond donors (Lipinski definition) is 0. The Morgan fingerprint density at radius 3 is 0.800 bits per heavy atom. The first kappa shape index (κ1) is 16.3. The van der Waals surface area contributed by atoms with Gasteiger partial charge in [0.2, 0.25) is 0 Å². The molecule has 0 aliphatic carbocycles. The molecular weight excluding hydrogens is 209 g/mol. The van der Waals surface area contributed by atoms with Crippen molar-refractivity contribution < 1.29 is 39.9 Å². The zero-order valence-corrected chi connectivity index (χ0v) is 5.62. The molecule has 5 heavy (non-hydrogen) atoms. The summed E-state index contributed by atoms with van der Waals surface area (Å²) in [6.45, 7) is 0. The van der Waals surface area contributed by atoms with E-state index in [4.69, 9.17) is 11.5 Å². The molecule has 0 saturated carbocycles. The summed E-state index contributed by atoms with van der Waals surface area (Å²) < 4.78 is 0. The standard InChI is InChI=1S/2CH4N.Gd/c2*1-2;/h2*2H,1H3;/q2*-1;+3. The first-order valence-corrected chi connectivity index (χ1v) is 1.00. The van der Waals surface area contributed by atoms with Gasteiger partial charge in [-0.15, -0.1) is 0 Å². The van der Waals surface area contributed by atoms with Crippen molar-refractivity contribution in [1.29, 1.82) is 0 Å². The molecule has 0 heterocycles. The molecule has 0 rings (SSSR count). The van der Waals surface area contributed by atoms with Crippen LogP contribution in [-0.2, 0) is 0 Å². The fourth-order valence-electron chi connectivity index (χ4n) is 0. The molecule has 0 aliphatic heterocycles. The van der Waals surface area contributed by atoms with Crippen LogP contribution in [0.1, 0.15) is 0 Å². The molecule has 0 fully saturated rings. The van der Waals surface area contributed by atoms with Crippen LogP contribution < -0.4 is 0 Å². The Balaban J connectivity index is -0.0000000133. The minimum absolute atomic E-state index is 0. The van der Waals surface area contributed by atoms with Crippen molar-refractivity contribution in [3.63, 3.8) is 0 Å². The molecule has 0 aliphatic rings. The molecule has 3 heteroatoms. The van der Waals surface area contributed by atoms with Gasteiger partial charge < -0.3 is 11.5 Å². The van der Waals surface area contributed by atoms with Crippen LogP contribution in [0.15, 0.2) is 0 Å². The van der Waals surface area contributed by atoms with Crippen LogP contribution in [0.3, 0.4) is 0 Å². The van der Waals surface area contributed by atoms with Crippen LogP contribution in [0.4, 0.5) is 0 Å². The van der Waals surface area contributed by atoms with Gasteiger partial charge in [0.25, 0.3) is 0 Å². The van der Waals surface area contributed by atoms with E-state index in [1.807, 2.05) is 0 Å². The Hall–Kier alpha value is 1.24. The molecule has 0 aromatic rings. The summed E-state index contributed by atoms with van der Waals surface area (Å²) in [5.74, 6) is 0. The third-order valence-electron chi connectivity index (χ3n) is 0. The average molecular weight is 217 g/mol. The second kappa shape index (κ2) is 61.0. The van der Waals surface area contributed by atoms with E-state index in [0.717, 1.165) is 0 Å². The summed E-state index contributed by atoms with van der Waals surface area (Å²) in [4.78, 5) is 0. The summed E-state index contributed by atoms with van der Waals surface area (Å²) in [6.07, 6.45) is 0. The van der Waals surface area contributed by atoms with Gasteiger partial charge in [0.1, 0.15) is 0 Å². The molecule has 1 radical (unpaired) electrons. The van der Waals surface area contributed by atoms with Crippen molar-refractivity contribution in [2.75, 3.05) is 14.1 Å². The van der Waals surface area contributed by atoms with Crippen LogP contribution in [0.5, 0.6) is 0 Å². The quantitative estimate of drug-likeness (QED) is 0.588. The van der Waals surface area contributed by atoms with Gasteiger partial charge in [0.05, 0.1) is 0 Å². The van der Waals surface area contributed by atoms with Gasteiger partial charge in [0.15, 0.2) is 0 Å².